The molecule has 29 heavy (non-hydrogen) atoms. The molecule has 3 rings (SSSR count). The van der Waals surface area contributed by atoms with Crippen LogP contribution in [-0.2, 0) is 11.3 Å². The Morgan fingerprint density at radius 1 is 1.17 bits per heavy atom. The van der Waals surface area contributed by atoms with E-state index in [1.807, 2.05) is 11.0 Å². The number of hydrogen-bond donors (Lipinski definition) is 0. The first-order valence-corrected chi connectivity index (χ1v) is 10.1. The van der Waals surface area contributed by atoms with Crippen molar-refractivity contribution in [3.63, 3.8) is 0 Å². The number of nitro benzene ring substituents is 1. The van der Waals surface area contributed by atoms with Gasteiger partial charge in [-0.15, -0.1) is 11.8 Å². The summed E-state index contributed by atoms with van der Waals surface area (Å²) in [7, 11) is 1.44. The molecule has 2 aromatic carbocycles. The van der Waals surface area contributed by atoms with Gasteiger partial charge in [-0.3, -0.25) is 19.8 Å². The number of hydrogen-bond acceptors (Lipinski definition) is 6. The number of piperazine rings is 1. The molecule has 1 fully saturated rings. The molecule has 0 unspecified atom stereocenters. The van der Waals surface area contributed by atoms with E-state index in [4.69, 9.17) is 4.74 Å². The number of halogens is 1. The highest BCUT2D eigenvalue weighted by Gasteiger charge is 2.21. The molecule has 0 spiro atoms. The van der Waals surface area contributed by atoms with Crippen molar-refractivity contribution in [1.29, 1.82) is 0 Å². The maximum Gasteiger partial charge on any atom is 0.269 e. The Kier molecular flexibility index (Phi) is 7.05. The first-order chi connectivity index (χ1) is 14.0. The minimum Gasteiger partial charge on any atom is -0.494 e. The Bertz CT molecular complexity index is 871. The van der Waals surface area contributed by atoms with Gasteiger partial charge in [0.05, 0.1) is 17.8 Å². The van der Waals surface area contributed by atoms with Crippen LogP contribution in [0.5, 0.6) is 5.75 Å². The van der Waals surface area contributed by atoms with E-state index >= 15 is 0 Å². The van der Waals surface area contributed by atoms with Gasteiger partial charge in [0.25, 0.3) is 5.69 Å². The predicted molar refractivity (Wildman–Crippen MR) is 109 cm³/mol. The summed E-state index contributed by atoms with van der Waals surface area (Å²) < 4.78 is 18.8. The Balaban J connectivity index is 1.44. The van der Waals surface area contributed by atoms with Gasteiger partial charge in [-0.05, 0) is 29.8 Å². The number of carbonyl (C=O) groups excluding carboxylic acids is 1. The number of amides is 1. The lowest BCUT2D eigenvalue weighted by Gasteiger charge is -2.34. The van der Waals surface area contributed by atoms with Crippen LogP contribution >= 0.6 is 11.8 Å². The largest absolute Gasteiger partial charge is 0.494 e. The molecule has 0 atom stereocenters. The maximum atomic E-state index is 13.8. The zero-order valence-corrected chi connectivity index (χ0v) is 16.9. The zero-order valence-electron chi connectivity index (χ0n) is 16.0. The molecule has 0 aliphatic carbocycles. The molecule has 1 aliphatic heterocycles. The van der Waals surface area contributed by atoms with E-state index in [1.54, 1.807) is 18.2 Å². The van der Waals surface area contributed by atoms with Gasteiger partial charge in [0.15, 0.2) is 11.6 Å². The molecule has 0 saturated carbocycles. The first kappa shape index (κ1) is 21.1. The summed E-state index contributed by atoms with van der Waals surface area (Å²) in [6.07, 6.45) is 0. The predicted octanol–water partition coefficient (Wildman–Crippen LogP) is 3.18. The van der Waals surface area contributed by atoms with Crippen LogP contribution < -0.4 is 4.74 Å². The first-order valence-electron chi connectivity index (χ1n) is 9.16. The van der Waals surface area contributed by atoms with Crippen molar-refractivity contribution in [1.82, 2.24) is 9.80 Å². The van der Waals surface area contributed by atoms with E-state index in [0.29, 0.717) is 25.4 Å². The molecule has 1 saturated heterocycles. The summed E-state index contributed by atoms with van der Waals surface area (Å²) in [6.45, 7) is 3.32. The quantitative estimate of drug-likeness (QED) is 0.390. The summed E-state index contributed by atoms with van der Waals surface area (Å²) in [5, 5.41) is 10.7. The van der Waals surface area contributed by atoms with Crippen molar-refractivity contribution in [3.8, 4) is 5.75 Å². The molecular formula is C20H22FN3O4S. The van der Waals surface area contributed by atoms with Crippen molar-refractivity contribution < 1.29 is 18.8 Å². The Morgan fingerprint density at radius 2 is 1.86 bits per heavy atom. The van der Waals surface area contributed by atoms with Gasteiger partial charge in [-0.2, -0.15) is 0 Å². The summed E-state index contributed by atoms with van der Waals surface area (Å²) in [5.74, 6) is 0.196. The van der Waals surface area contributed by atoms with Gasteiger partial charge in [-0.1, -0.05) is 6.07 Å². The summed E-state index contributed by atoms with van der Waals surface area (Å²) in [6, 6.07) is 11.1. The molecule has 1 aliphatic rings. The van der Waals surface area contributed by atoms with Crippen molar-refractivity contribution in [3.05, 3.63) is 64.0 Å². The summed E-state index contributed by atoms with van der Waals surface area (Å²) in [4.78, 5) is 27.5. The Labute approximate surface area is 172 Å². The number of ether oxygens (including phenoxy) is 1. The molecule has 1 heterocycles. The average molecular weight is 419 g/mol. The number of nitro groups is 1. The van der Waals surface area contributed by atoms with E-state index < -0.39 is 4.92 Å². The summed E-state index contributed by atoms with van der Waals surface area (Å²) >= 11 is 1.37. The minimum absolute atomic E-state index is 0.0357. The third-order valence-corrected chi connectivity index (χ3v) is 5.75. The van der Waals surface area contributed by atoms with Gasteiger partial charge in [0, 0.05) is 49.8 Å². The highest BCUT2D eigenvalue weighted by atomic mass is 32.2. The van der Waals surface area contributed by atoms with Crippen molar-refractivity contribution >= 4 is 23.4 Å². The monoisotopic (exact) mass is 419 g/mol. The van der Waals surface area contributed by atoms with E-state index in [-0.39, 0.29) is 23.2 Å². The number of rotatable bonds is 7. The number of thioether (sulfide) groups is 1. The Hall–Kier alpha value is -2.65. The van der Waals surface area contributed by atoms with Crippen LogP contribution in [0, 0.1) is 15.9 Å². The molecule has 0 radical (unpaired) electrons. The SMILES string of the molecule is COc1ccc(CN2CCN(C(=O)CSc3ccc([N+](=O)[O-])cc3)CC2)cc1F. The third-order valence-electron chi connectivity index (χ3n) is 4.76. The normalized spacial score (nSPS) is 14.6. The van der Waals surface area contributed by atoms with E-state index in [2.05, 4.69) is 4.90 Å². The third kappa shape index (κ3) is 5.68. The molecular weight excluding hydrogens is 397 g/mol. The molecule has 1 amide bonds. The summed E-state index contributed by atoms with van der Waals surface area (Å²) in [5.41, 5.74) is 0.908. The number of benzene rings is 2. The maximum absolute atomic E-state index is 13.8. The molecule has 0 N–H and O–H groups in total. The topological polar surface area (TPSA) is 75.9 Å². The number of nitrogens with zero attached hydrogens (tertiary/aromatic N) is 3. The van der Waals surface area contributed by atoms with Crippen LogP contribution in [0.15, 0.2) is 47.4 Å². The van der Waals surface area contributed by atoms with Crippen molar-refractivity contribution in [2.24, 2.45) is 0 Å². The molecule has 7 nitrogen and oxygen atoms in total. The number of methoxy groups -OCH3 is 1. The highest BCUT2D eigenvalue weighted by Crippen LogP contribution is 2.22. The van der Waals surface area contributed by atoms with E-state index in [1.165, 1.54) is 37.1 Å². The fraction of sp³-hybridized carbons (Fsp3) is 0.350. The van der Waals surface area contributed by atoms with Gasteiger partial charge in [0.2, 0.25) is 5.91 Å². The van der Waals surface area contributed by atoms with Crippen LogP contribution in [0.3, 0.4) is 0 Å². The van der Waals surface area contributed by atoms with Crippen LogP contribution in [-0.4, -0.2) is 59.7 Å². The lowest BCUT2D eigenvalue weighted by molar-refractivity contribution is -0.384. The van der Waals surface area contributed by atoms with Crippen molar-refractivity contribution in [2.45, 2.75) is 11.4 Å². The Morgan fingerprint density at radius 3 is 2.45 bits per heavy atom. The fourth-order valence-electron chi connectivity index (χ4n) is 3.12. The fourth-order valence-corrected chi connectivity index (χ4v) is 3.92. The second-order valence-corrected chi connectivity index (χ2v) is 7.71. The van der Waals surface area contributed by atoms with Crippen molar-refractivity contribution in [2.75, 3.05) is 39.0 Å². The van der Waals surface area contributed by atoms with Gasteiger partial charge < -0.3 is 9.64 Å². The van der Waals surface area contributed by atoms with E-state index in [0.717, 1.165) is 23.5 Å². The van der Waals surface area contributed by atoms with Crippen LogP contribution in [0.2, 0.25) is 0 Å². The number of carbonyl (C=O) groups is 1. The second-order valence-electron chi connectivity index (χ2n) is 6.67. The smallest absolute Gasteiger partial charge is 0.269 e. The standard InChI is InChI=1S/C20H22FN3O4S/c1-28-19-7-2-15(12-18(19)21)13-22-8-10-23(11-9-22)20(25)14-29-17-5-3-16(4-6-17)24(26)27/h2-7,12H,8-11,13-14H2,1H3. The lowest BCUT2D eigenvalue weighted by Crippen LogP contribution is -2.48. The molecule has 9 heteroatoms. The molecule has 2 aromatic rings. The van der Waals surface area contributed by atoms with Crippen LogP contribution in [0.1, 0.15) is 5.56 Å². The average Bonchev–Trinajstić information content (AvgIpc) is 2.73. The zero-order chi connectivity index (χ0) is 20.8. The van der Waals surface area contributed by atoms with Gasteiger partial charge in [-0.25, -0.2) is 4.39 Å². The molecule has 154 valence electrons. The van der Waals surface area contributed by atoms with Crippen LogP contribution in [0.25, 0.3) is 0 Å². The lowest BCUT2D eigenvalue weighted by atomic mass is 10.2. The minimum atomic E-state index is -0.445. The number of non-ortho nitro benzene ring substituents is 1. The second kappa shape index (κ2) is 9.71. The highest BCUT2D eigenvalue weighted by molar-refractivity contribution is 8.00. The van der Waals surface area contributed by atoms with E-state index in [9.17, 15) is 19.3 Å². The van der Waals surface area contributed by atoms with Gasteiger partial charge >= 0.3 is 0 Å². The van der Waals surface area contributed by atoms with Crippen LogP contribution in [0.4, 0.5) is 10.1 Å². The molecule has 0 aromatic heterocycles. The van der Waals surface area contributed by atoms with Gasteiger partial charge in [0.1, 0.15) is 0 Å². The molecule has 0 bridgehead atoms.